The van der Waals surface area contributed by atoms with Gasteiger partial charge in [-0.1, -0.05) is 0 Å². The van der Waals surface area contributed by atoms with Gasteiger partial charge in [0.2, 0.25) is 11.8 Å². The van der Waals surface area contributed by atoms with E-state index < -0.39 is 0 Å². The normalized spacial score (nSPS) is 17.7. The zero-order valence-electron chi connectivity index (χ0n) is 14.2. The minimum Gasteiger partial charge on any atom is -0.478 e. The quantitative estimate of drug-likeness (QED) is 0.839. The molecule has 4 rings (SSSR count). The van der Waals surface area contributed by atoms with Crippen molar-refractivity contribution in [2.75, 3.05) is 19.7 Å². The smallest absolute Gasteiger partial charge is 0.274 e. The van der Waals surface area contributed by atoms with Gasteiger partial charge in [0.05, 0.1) is 6.61 Å². The highest BCUT2D eigenvalue weighted by molar-refractivity contribution is 5.92. The third kappa shape index (κ3) is 3.42. The predicted molar refractivity (Wildman–Crippen MR) is 88.7 cm³/mol. The minimum absolute atomic E-state index is 0.0400. The maximum absolute atomic E-state index is 12.7. The molecule has 0 unspecified atom stereocenters. The van der Waals surface area contributed by atoms with Gasteiger partial charge in [0, 0.05) is 57.2 Å². The minimum atomic E-state index is -0.0400. The van der Waals surface area contributed by atoms with Crippen LogP contribution in [0, 0.1) is 6.92 Å². The number of carbonyl (C=O) groups excluding carboxylic acids is 1. The van der Waals surface area contributed by atoms with Crippen molar-refractivity contribution in [3.63, 3.8) is 0 Å². The molecule has 132 valence electrons. The summed E-state index contributed by atoms with van der Waals surface area (Å²) >= 11 is 0. The Bertz CT molecular complexity index is 744. The molecule has 0 saturated carbocycles. The van der Waals surface area contributed by atoms with Crippen LogP contribution in [0.25, 0.3) is 0 Å². The molecule has 0 atom stereocenters. The number of likely N-dealkylation sites (tertiary alicyclic amines) is 1. The van der Waals surface area contributed by atoms with Gasteiger partial charge in [0.25, 0.3) is 5.91 Å². The Balaban J connectivity index is 1.35. The Kier molecular flexibility index (Phi) is 4.25. The van der Waals surface area contributed by atoms with Gasteiger partial charge in [-0.3, -0.25) is 4.79 Å². The highest BCUT2D eigenvalue weighted by atomic mass is 16.5. The average Bonchev–Trinajstić information content (AvgIpc) is 3.06. The van der Waals surface area contributed by atoms with Crippen molar-refractivity contribution in [1.82, 2.24) is 24.6 Å². The van der Waals surface area contributed by atoms with Crippen LogP contribution in [0.1, 0.15) is 35.6 Å². The maximum atomic E-state index is 12.7. The number of nitrogens with zero attached hydrogens (tertiary/aromatic N) is 5. The third-order valence-electron chi connectivity index (χ3n) is 4.49. The summed E-state index contributed by atoms with van der Waals surface area (Å²) in [5.74, 6) is 1.93. The maximum Gasteiger partial charge on any atom is 0.274 e. The first-order valence-corrected chi connectivity index (χ1v) is 8.65. The number of rotatable bonds is 3. The fourth-order valence-electron chi connectivity index (χ4n) is 3.18. The molecule has 1 amide bonds. The average molecular weight is 343 g/mol. The molecule has 2 aliphatic heterocycles. The molecule has 0 aromatic carbocycles. The molecule has 8 heteroatoms. The Morgan fingerprint density at radius 2 is 2.16 bits per heavy atom. The number of amides is 1. The highest BCUT2D eigenvalue weighted by Crippen LogP contribution is 2.22. The predicted octanol–water partition coefficient (Wildman–Crippen LogP) is 1.45. The molecule has 0 aliphatic carbocycles. The molecule has 4 heterocycles. The van der Waals surface area contributed by atoms with Crippen molar-refractivity contribution in [2.24, 2.45) is 0 Å². The molecule has 1 saturated heterocycles. The van der Waals surface area contributed by atoms with Gasteiger partial charge in [0.15, 0.2) is 5.69 Å². The molecule has 2 aromatic rings. The van der Waals surface area contributed by atoms with Gasteiger partial charge >= 0.3 is 0 Å². The van der Waals surface area contributed by atoms with E-state index in [1.165, 1.54) is 0 Å². The number of aromatic nitrogens is 4. The first-order valence-electron chi connectivity index (χ1n) is 8.65. The first kappa shape index (κ1) is 15.9. The second-order valence-corrected chi connectivity index (χ2v) is 6.34. The van der Waals surface area contributed by atoms with Crippen LogP contribution >= 0.6 is 0 Å². The monoisotopic (exact) mass is 343 g/mol. The lowest BCUT2D eigenvalue weighted by molar-refractivity contribution is 0.0581. The molecular weight excluding hydrogens is 322 g/mol. The summed E-state index contributed by atoms with van der Waals surface area (Å²) in [6, 6.07) is 3.51. The van der Waals surface area contributed by atoms with Gasteiger partial charge in [-0.05, 0) is 6.92 Å². The van der Waals surface area contributed by atoms with Gasteiger partial charge in [0.1, 0.15) is 11.9 Å². The van der Waals surface area contributed by atoms with Crippen LogP contribution in [0.15, 0.2) is 18.3 Å². The molecule has 0 radical (unpaired) electrons. The number of fused-ring (bicyclic) bond motifs is 1. The summed E-state index contributed by atoms with van der Waals surface area (Å²) in [6.45, 7) is 4.62. The van der Waals surface area contributed by atoms with Crippen molar-refractivity contribution in [2.45, 2.75) is 38.8 Å². The molecule has 8 nitrogen and oxygen atoms in total. The number of aryl methyl sites for hydroxylation is 2. The molecule has 0 spiro atoms. The molecule has 25 heavy (non-hydrogen) atoms. The van der Waals surface area contributed by atoms with E-state index in [1.54, 1.807) is 23.0 Å². The fourth-order valence-corrected chi connectivity index (χ4v) is 3.18. The zero-order chi connectivity index (χ0) is 17.2. The Labute approximate surface area is 145 Å². The van der Waals surface area contributed by atoms with Crippen LogP contribution in [0.4, 0.5) is 0 Å². The van der Waals surface area contributed by atoms with Crippen molar-refractivity contribution in [3.8, 4) is 11.8 Å². The SMILES string of the molecule is Cc1nccc(OC2CCN(C(=O)c3cc4n(n3)CCCO4)CC2)n1. The summed E-state index contributed by atoms with van der Waals surface area (Å²) in [4.78, 5) is 22.8. The number of hydrogen-bond donors (Lipinski definition) is 0. The van der Waals surface area contributed by atoms with E-state index in [4.69, 9.17) is 9.47 Å². The van der Waals surface area contributed by atoms with Gasteiger partial charge in [-0.2, -0.15) is 10.1 Å². The van der Waals surface area contributed by atoms with E-state index in [0.717, 1.165) is 25.8 Å². The standard InChI is InChI=1S/C17H21N5O3/c1-12-18-6-3-15(19-12)25-13-4-8-21(9-5-13)17(23)14-11-16-22(20-14)7-2-10-24-16/h3,6,11,13H,2,4-5,7-10H2,1H3. The third-order valence-corrected chi connectivity index (χ3v) is 4.49. The second-order valence-electron chi connectivity index (χ2n) is 6.34. The van der Waals surface area contributed by atoms with Crippen LogP contribution in [0.2, 0.25) is 0 Å². The zero-order valence-corrected chi connectivity index (χ0v) is 14.2. The lowest BCUT2D eigenvalue weighted by Gasteiger charge is -2.31. The summed E-state index contributed by atoms with van der Waals surface area (Å²) < 4.78 is 13.2. The van der Waals surface area contributed by atoms with Crippen molar-refractivity contribution in [1.29, 1.82) is 0 Å². The fraction of sp³-hybridized carbons (Fsp3) is 0.529. The lowest BCUT2D eigenvalue weighted by atomic mass is 10.1. The molecule has 0 N–H and O–H groups in total. The van der Waals surface area contributed by atoms with E-state index in [2.05, 4.69) is 15.1 Å². The summed E-state index contributed by atoms with van der Waals surface area (Å²) in [5.41, 5.74) is 0.461. The van der Waals surface area contributed by atoms with Crippen LogP contribution in [-0.2, 0) is 6.54 Å². The van der Waals surface area contributed by atoms with Crippen LogP contribution < -0.4 is 9.47 Å². The highest BCUT2D eigenvalue weighted by Gasteiger charge is 2.27. The van der Waals surface area contributed by atoms with Crippen LogP contribution in [0.3, 0.4) is 0 Å². The van der Waals surface area contributed by atoms with E-state index in [-0.39, 0.29) is 12.0 Å². The number of piperidine rings is 1. The Hall–Kier alpha value is -2.64. The molecule has 1 fully saturated rings. The van der Waals surface area contributed by atoms with Gasteiger partial charge < -0.3 is 14.4 Å². The molecule has 2 aromatic heterocycles. The van der Waals surface area contributed by atoms with Gasteiger partial charge in [-0.15, -0.1) is 0 Å². The summed E-state index contributed by atoms with van der Waals surface area (Å²) in [6.07, 6.45) is 4.24. The van der Waals surface area contributed by atoms with Crippen molar-refractivity contribution in [3.05, 3.63) is 29.8 Å². The largest absolute Gasteiger partial charge is 0.478 e. The Morgan fingerprint density at radius 3 is 2.92 bits per heavy atom. The van der Waals surface area contributed by atoms with Crippen molar-refractivity contribution < 1.29 is 14.3 Å². The molecular formula is C17H21N5O3. The number of ether oxygens (including phenoxy) is 2. The number of hydrogen-bond acceptors (Lipinski definition) is 6. The Morgan fingerprint density at radius 1 is 1.32 bits per heavy atom. The number of carbonyl (C=O) groups is 1. The van der Waals surface area contributed by atoms with E-state index in [0.29, 0.717) is 43.0 Å². The summed E-state index contributed by atoms with van der Waals surface area (Å²) in [7, 11) is 0. The molecule has 0 bridgehead atoms. The second kappa shape index (κ2) is 6.70. The van der Waals surface area contributed by atoms with E-state index in [1.807, 2.05) is 11.8 Å². The van der Waals surface area contributed by atoms with Crippen LogP contribution in [-0.4, -0.2) is 56.4 Å². The van der Waals surface area contributed by atoms with E-state index >= 15 is 0 Å². The summed E-state index contributed by atoms with van der Waals surface area (Å²) in [5, 5.41) is 4.37. The van der Waals surface area contributed by atoms with Crippen molar-refractivity contribution >= 4 is 5.91 Å². The van der Waals surface area contributed by atoms with E-state index in [9.17, 15) is 4.79 Å². The molecule has 2 aliphatic rings. The lowest BCUT2D eigenvalue weighted by Crippen LogP contribution is -2.42. The first-order chi connectivity index (χ1) is 12.2. The van der Waals surface area contributed by atoms with Crippen LogP contribution in [0.5, 0.6) is 11.8 Å². The van der Waals surface area contributed by atoms with Gasteiger partial charge in [-0.25, -0.2) is 9.67 Å². The topological polar surface area (TPSA) is 82.4 Å².